The van der Waals surface area contributed by atoms with Gasteiger partial charge in [-0.25, -0.2) is 19.0 Å². The minimum Gasteiger partial charge on any atom is -0.461 e. The molecule has 3 atom stereocenters. The summed E-state index contributed by atoms with van der Waals surface area (Å²) in [6, 6.07) is 40.9. The van der Waals surface area contributed by atoms with E-state index in [4.69, 9.17) is 14.2 Å². The van der Waals surface area contributed by atoms with Crippen molar-refractivity contribution in [2.75, 3.05) is 30.5 Å². The molecule has 7 rings (SSSR count). The highest BCUT2D eigenvalue weighted by Crippen LogP contribution is 2.35. The fraction of sp³-hybridized carbons (Fsp3) is 0.320. The maximum Gasteiger partial charge on any atom is 0.358 e. The van der Waals surface area contributed by atoms with Gasteiger partial charge in [-0.05, 0) is 79.8 Å². The van der Waals surface area contributed by atoms with E-state index in [9.17, 15) is 19.2 Å². The number of hydrogen-bond donors (Lipinski definition) is 2. The molecular formula is C50H56N6O7. The number of nitrogens with one attached hydrogen (secondary N) is 2. The largest absolute Gasteiger partial charge is 0.461 e. The Labute approximate surface area is 368 Å². The first-order chi connectivity index (χ1) is 30.6. The first-order valence-corrected chi connectivity index (χ1v) is 21.5. The lowest BCUT2D eigenvalue weighted by atomic mass is 9.75. The van der Waals surface area contributed by atoms with Crippen molar-refractivity contribution in [2.45, 2.75) is 65.9 Å². The van der Waals surface area contributed by atoms with E-state index in [0.717, 1.165) is 29.7 Å². The van der Waals surface area contributed by atoms with Gasteiger partial charge in [0.05, 0.1) is 36.6 Å². The summed E-state index contributed by atoms with van der Waals surface area (Å²) in [6.45, 7) is 10.6. The van der Waals surface area contributed by atoms with Crippen molar-refractivity contribution in [1.82, 2.24) is 19.6 Å². The Morgan fingerprint density at radius 3 is 1.54 bits per heavy atom. The molecule has 13 heteroatoms. The maximum absolute atomic E-state index is 13.5. The Kier molecular flexibility index (Phi) is 16.2. The van der Waals surface area contributed by atoms with E-state index in [1.54, 1.807) is 13.8 Å². The molecular weight excluding hydrogens is 797 g/mol. The highest BCUT2D eigenvalue weighted by molar-refractivity contribution is 5.99. The second-order valence-corrected chi connectivity index (χ2v) is 15.7. The monoisotopic (exact) mass is 852 g/mol. The van der Waals surface area contributed by atoms with Crippen molar-refractivity contribution >= 4 is 35.4 Å². The number of esters is 2. The molecule has 4 aromatic carbocycles. The molecule has 0 radical (unpaired) electrons. The number of hydrogen-bond acceptors (Lipinski definition) is 9. The number of rotatable bonds is 15. The van der Waals surface area contributed by atoms with Crippen LogP contribution in [0.4, 0.5) is 11.6 Å². The fourth-order valence-corrected chi connectivity index (χ4v) is 7.73. The van der Waals surface area contributed by atoms with E-state index >= 15 is 0 Å². The number of amides is 2. The van der Waals surface area contributed by atoms with Crippen LogP contribution in [0, 0.1) is 17.8 Å². The van der Waals surface area contributed by atoms with Crippen LogP contribution in [0.15, 0.2) is 133 Å². The number of carbonyl (C=O) groups excluding carboxylic acids is 4. The summed E-state index contributed by atoms with van der Waals surface area (Å²) in [4.78, 5) is 50.7. The number of aromatic nitrogens is 4. The number of ether oxygens (including phenoxy) is 3. The van der Waals surface area contributed by atoms with Gasteiger partial charge in [0.2, 0.25) is 5.91 Å². The summed E-state index contributed by atoms with van der Waals surface area (Å²) in [6.07, 6.45) is 3.41. The van der Waals surface area contributed by atoms with Crippen molar-refractivity contribution in [3.63, 3.8) is 0 Å². The SMILES string of the molecule is CCOC(=O)c1cc(NC(=O)C(c2ccccc2)c2ccccc2)n(-c2ccccc2)n1.CCOC(=O)c1cc(NC(=O)CO[C@@H]2C[C@H](C)CC[C@H]2C(C)C)n(-c2ccccc2)n1. The molecule has 2 aromatic heterocycles. The Bertz CT molecular complexity index is 2360. The normalized spacial score (nSPS) is 15.8. The van der Waals surface area contributed by atoms with Crippen molar-refractivity contribution < 1.29 is 33.4 Å². The Morgan fingerprint density at radius 1 is 0.651 bits per heavy atom. The lowest BCUT2D eigenvalue weighted by Gasteiger charge is -2.37. The molecule has 2 amide bonds. The van der Waals surface area contributed by atoms with Crippen LogP contribution in [0.5, 0.6) is 0 Å². The standard InChI is InChI=1S/C26H23N3O3.C24H33N3O4/c1-2-32-26(31)22-18-23(29(28-22)21-16-10-5-11-17-21)27-25(30)24(19-12-6-3-7-13-19)20-14-8-4-9-15-20;1-5-30-24(29)20-14-22(27(26-20)18-9-7-6-8-10-18)25-23(28)15-31-21-13-17(4)11-12-19(21)16(2)3/h3-18,24H,2H2,1H3,(H,27,30);6-10,14,16-17,19,21H,5,11-13,15H2,1-4H3,(H,25,28)/t;17-,19+,21-/m.1/s1. The number of carbonyl (C=O) groups is 4. The molecule has 2 N–H and O–H groups in total. The summed E-state index contributed by atoms with van der Waals surface area (Å²) in [7, 11) is 0. The van der Waals surface area contributed by atoms with Crippen LogP contribution in [0.3, 0.4) is 0 Å². The summed E-state index contributed by atoms with van der Waals surface area (Å²) >= 11 is 0. The molecule has 0 spiro atoms. The van der Waals surface area contributed by atoms with Gasteiger partial charge in [0.25, 0.3) is 5.91 Å². The van der Waals surface area contributed by atoms with Gasteiger partial charge in [-0.3, -0.25) is 9.59 Å². The van der Waals surface area contributed by atoms with Gasteiger partial charge >= 0.3 is 11.9 Å². The quantitative estimate of drug-likeness (QED) is 0.0962. The molecule has 328 valence electrons. The van der Waals surface area contributed by atoms with E-state index in [0.29, 0.717) is 35.1 Å². The smallest absolute Gasteiger partial charge is 0.358 e. The van der Waals surface area contributed by atoms with Crippen LogP contribution in [0.25, 0.3) is 11.4 Å². The topological polar surface area (TPSA) is 156 Å². The molecule has 0 aliphatic heterocycles. The molecule has 1 aliphatic carbocycles. The third kappa shape index (κ3) is 12.2. The van der Waals surface area contributed by atoms with Crippen molar-refractivity contribution in [2.24, 2.45) is 17.8 Å². The maximum atomic E-state index is 13.5. The van der Waals surface area contributed by atoms with Crippen LogP contribution >= 0.6 is 0 Å². The van der Waals surface area contributed by atoms with E-state index in [-0.39, 0.29) is 49.1 Å². The van der Waals surface area contributed by atoms with Crippen LogP contribution in [-0.4, -0.2) is 69.2 Å². The second-order valence-electron chi connectivity index (χ2n) is 15.7. The van der Waals surface area contributed by atoms with E-state index in [1.165, 1.54) is 27.9 Å². The van der Waals surface area contributed by atoms with Crippen LogP contribution in [-0.2, 0) is 23.8 Å². The van der Waals surface area contributed by atoms with Gasteiger partial charge in [0.15, 0.2) is 11.4 Å². The summed E-state index contributed by atoms with van der Waals surface area (Å²) < 4.78 is 19.3. The zero-order chi connectivity index (χ0) is 44.7. The molecule has 1 saturated carbocycles. The van der Waals surface area contributed by atoms with Crippen LogP contribution in [0.2, 0.25) is 0 Å². The molecule has 1 aliphatic rings. The van der Waals surface area contributed by atoms with Gasteiger partial charge in [-0.2, -0.15) is 10.2 Å². The van der Waals surface area contributed by atoms with Gasteiger partial charge in [-0.1, -0.05) is 124 Å². The second kappa shape index (κ2) is 22.3. The first-order valence-electron chi connectivity index (χ1n) is 21.5. The molecule has 2 heterocycles. The molecule has 13 nitrogen and oxygen atoms in total. The van der Waals surface area contributed by atoms with E-state index in [1.807, 2.05) is 121 Å². The predicted molar refractivity (Wildman–Crippen MR) is 242 cm³/mol. The van der Waals surface area contributed by atoms with Crippen molar-refractivity contribution in [1.29, 1.82) is 0 Å². The molecule has 63 heavy (non-hydrogen) atoms. The third-order valence-corrected chi connectivity index (χ3v) is 10.8. The third-order valence-electron chi connectivity index (χ3n) is 10.8. The number of para-hydroxylation sites is 2. The average molecular weight is 853 g/mol. The van der Waals surface area contributed by atoms with Crippen LogP contribution in [0.1, 0.15) is 91.9 Å². The molecule has 0 saturated heterocycles. The molecule has 0 unspecified atom stereocenters. The minimum atomic E-state index is -0.541. The van der Waals surface area contributed by atoms with Gasteiger partial charge in [0, 0.05) is 12.1 Å². The van der Waals surface area contributed by atoms with Crippen molar-refractivity contribution in [3.05, 3.63) is 156 Å². The van der Waals surface area contributed by atoms with Crippen molar-refractivity contribution in [3.8, 4) is 11.4 Å². The molecule has 0 bridgehead atoms. The lowest BCUT2D eigenvalue weighted by molar-refractivity contribution is -0.126. The number of benzene rings is 4. The highest BCUT2D eigenvalue weighted by Gasteiger charge is 2.32. The lowest BCUT2D eigenvalue weighted by Crippen LogP contribution is -2.36. The molecule has 1 fully saturated rings. The zero-order valence-electron chi connectivity index (χ0n) is 36.5. The Hall–Kier alpha value is -6.86. The Morgan fingerprint density at radius 2 is 1.10 bits per heavy atom. The number of nitrogens with zero attached hydrogens (tertiary/aromatic N) is 4. The zero-order valence-corrected chi connectivity index (χ0v) is 36.5. The fourth-order valence-electron chi connectivity index (χ4n) is 7.73. The first kappa shape index (κ1) is 45.7. The summed E-state index contributed by atoms with van der Waals surface area (Å²) in [5, 5.41) is 14.5. The van der Waals surface area contributed by atoms with Gasteiger partial charge in [0.1, 0.15) is 18.2 Å². The Balaban J connectivity index is 0.000000210. The highest BCUT2D eigenvalue weighted by atomic mass is 16.5. The van der Waals surface area contributed by atoms with Gasteiger partial charge in [-0.15, -0.1) is 0 Å². The summed E-state index contributed by atoms with van der Waals surface area (Å²) in [5.74, 6) is 0.295. The molecule has 6 aromatic rings. The van der Waals surface area contributed by atoms with Crippen LogP contribution < -0.4 is 10.6 Å². The summed E-state index contributed by atoms with van der Waals surface area (Å²) in [5.41, 5.74) is 3.45. The van der Waals surface area contributed by atoms with Gasteiger partial charge < -0.3 is 24.8 Å². The number of anilines is 2. The minimum absolute atomic E-state index is 0.0324. The predicted octanol–water partition coefficient (Wildman–Crippen LogP) is 9.28. The van der Waals surface area contributed by atoms with E-state index < -0.39 is 17.9 Å². The van der Waals surface area contributed by atoms with E-state index in [2.05, 4.69) is 41.6 Å². The average Bonchev–Trinajstić information content (AvgIpc) is 3.92.